The predicted octanol–water partition coefficient (Wildman–Crippen LogP) is 5.37. The van der Waals surface area contributed by atoms with E-state index in [1.165, 1.54) is 50.6 Å². The lowest BCUT2D eigenvalue weighted by molar-refractivity contribution is 0.870. The van der Waals surface area contributed by atoms with Crippen LogP contribution in [0.3, 0.4) is 0 Å². The van der Waals surface area contributed by atoms with Crippen molar-refractivity contribution < 1.29 is 0 Å². The van der Waals surface area contributed by atoms with Crippen LogP contribution in [0.1, 0.15) is 56.5 Å². The molecular weight excluding hydrogens is 280 g/mol. The van der Waals surface area contributed by atoms with Crippen LogP contribution in [-0.4, -0.2) is 9.97 Å². The number of aromatic amines is 2. The summed E-state index contributed by atoms with van der Waals surface area (Å²) in [7, 11) is 0. The van der Waals surface area contributed by atoms with E-state index in [1.807, 2.05) is 0 Å². The number of H-pyrrole nitrogens is 2. The minimum atomic E-state index is 0.219. The number of rotatable bonds is 3. The first-order valence-corrected chi connectivity index (χ1v) is 8.28. The smallest absolute Gasteiger partial charge is 0.0647 e. The van der Waals surface area contributed by atoms with Crippen molar-refractivity contribution in [2.24, 2.45) is 0 Å². The van der Waals surface area contributed by atoms with Crippen molar-refractivity contribution in [3.8, 4) is 0 Å². The Kier molecular flexibility index (Phi) is 3.93. The summed E-state index contributed by atoms with van der Waals surface area (Å²) in [4.78, 5) is 7.29. The van der Waals surface area contributed by atoms with Gasteiger partial charge in [-0.2, -0.15) is 0 Å². The number of aryl methyl sites for hydroxylation is 2. The molecule has 1 aromatic carbocycles. The highest BCUT2D eigenvalue weighted by Crippen LogP contribution is 2.37. The molecule has 0 aliphatic rings. The van der Waals surface area contributed by atoms with E-state index in [2.05, 4.69) is 81.8 Å². The van der Waals surface area contributed by atoms with Crippen LogP contribution < -0.4 is 0 Å². The molecule has 2 heteroatoms. The third-order valence-electron chi connectivity index (χ3n) is 5.41. The average Bonchev–Trinajstić information content (AvgIpc) is 2.95. The van der Waals surface area contributed by atoms with Crippen molar-refractivity contribution in [3.63, 3.8) is 0 Å². The lowest BCUT2D eigenvalue weighted by atomic mass is 9.88. The van der Waals surface area contributed by atoms with Crippen LogP contribution in [0.4, 0.5) is 0 Å². The van der Waals surface area contributed by atoms with Gasteiger partial charge >= 0.3 is 0 Å². The zero-order valence-corrected chi connectivity index (χ0v) is 15.0. The molecule has 2 heterocycles. The molecule has 2 N–H and O–H groups in total. The van der Waals surface area contributed by atoms with Gasteiger partial charge in [0.25, 0.3) is 0 Å². The van der Waals surface area contributed by atoms with Gasteiger partial charge in [0.05, 0.1) is 5.92 Å². The van der Waals surface area contributed by atoms with Crippen LogP contribution in [0.5, 0.6) is 0 Å². The molecular formula is C21H26N2. The summed E-state index contributed by atoms with van der Waals surface area (Å²) in [5.41, 5.74) is 11.9. The number of aromatic nitrogens is 2. The summed E-state index contributed by atoms with van der Waals surface area (Å²) in [6.07, 6.45) is 0. The maximum absolute atomic E-state index is 3.65. The van der Waals surface area contributed by atoms with E-state index in [-0.39, 0.29) is 5.92 Å². The largest absolute Gasteiger partial charge is 0.361 e. The van der Waals surface area contributed by atoms with Crippen LogP contribution in [0.25, 0.3) is 0 Å². The molecule has 0 unspecified atom stereocenters. The summed E-state index contributed by atoms with van der Waals surface area (Å²) >= 11 is 0. The van der Waals surface area contributed by atoms with E-state index in [0.717, 1.165) is 0 Å². The maximum atomic E-state index is 3.65. The Morgan fingerprint density at radius 3 is 1.39 bits per heavy atom. The minimum Gasteiger partial charge on any atom is -0.361 e. The molecule has 0 radical (unpaired) electrons. The van der Waals surface area contributed by atoms with Crippen LogP contribution in [0, 0.1) is 41.5 Å². The van der Waals surface area contributed by atoms with Gasteiger partial charge in [-0.05, 0) is 69.4 Å². The second-order valence-corrected chi connectivity index (χ2v) is 6.67. The second kappa shape index (κ2) is 5.77. The van der Waals surface area contributed by atoms with Gasteiger partial charge in [0.15, 0.2) is 0 Å². The molecule has 2 nitrogen and oxygen atoms in total. The van der Waals surface area contributed by atoms with Crippen molar-refractivity contribution in [3.05, 3.63) is 80.9 Å². The fourth-order valence-corrected chi connectivity index (χ4v) is 3.45. The molecule has 0 aliphatic heterocycles. The van der Waals surface area contributed by atoms with Crippen LogP contribution in [0.15, 0.2) is 30.3 Å². The summed E-state index contributed by atoms with van der Waals surface area (Å²) in [5, 5.41) is 0. The van der Waals surface area contributed by atoms with Crippen molar-refractivity contribution >= 4 is 0 Å². The lowest BCUT2D eigenvalue weighted by Crippen LogP contribution is -2.07. The zero-order chi connectivity index (χ0) is 16.7. The fourth-order valence-electron chi connectivity index (χ4n) is 3.45. The van der Waals surface area contributed by atoms with Crippen molar-refractivity contribution in [1.82, 2.24) is 9.97 Å². The van der Waals surface area contributed by atoms with E-state index < -0.39 is 0 Å². The van der Waals surface area contributed by atoms with Gasteiger partial charge in [-0.3, -0.25) is 0 Å². The Balaban J connectivity index is 2.27. The maximum Gasteiger partial charge on any atom is 0.0647 e. The number of nitrogens with one attached hydrogen (secondary N) is 2. The van der Waals surface area contributed by atoms with Gasteiger partial charge in [0, 0.05) is 22.8 Å². The first-order valence-electron chi connectivity index (χ1n) is 8.28. The van der Waals surface area contributed by atoms with E-state index in [0.29, 0.717) is 0 Å². The van der Waals surface area contributed by atoms with Gasteiger partial charge in [-0.25, -0.2) is 0 Å². The van der Waals surface area contributed by atoms with E-state index >= 15 is 0 Å². The predicted molar refractivity (Wildman–Crippen MR) is 97.4 cm³/mol. The molecule has 3 rings (SSSR count). The van der Waals surface area contributed by atoms with Gasteiger partial charge < -0.3 is 9.97 Å². The lowest BCUT2D eigenvalue weighted by Gasteiger charge is -2.18. The molecule has 23 heavy (non-hydrogen) atoms. The highest BCUT2D eigenvalue weighted by molar-refractivity contribution is 5.49. The second-order valence-electron chi connectivity index (χ2n) is 6.67. The standard InChI is InChI=1S/C21H26N2/c1-12-14(3)20(22-16(12)5)19(18-10-8-7-9-11-18)21-15(4)13(2)17(6)23-21/h7-11,19,22-23H,1-6H3. The van der Waals surface area contributed by atoms with Gasteiger partial charge in [0.2, 0.25) is 0 Å². The van der Waals surface area contributed by atoms with Gasteiger partial charge in [-0.15, -0.1) is 0 Å². The molecule has 0 aliphatic carbocycles. The fraction of sp³-hybridized carbons (Fsp3) is 0.333. The van der Waals surface area contributed by atoms with E-state index in [9.17, 15) is 0 Å². The summed E-state index contributed by atoms with van der Waals surface area (Å²) in [6.45, 7) is 13.2. The topological polar surface area (TPSA) is 31.6 Å². The summed E-state index contributed by atoms with van der Waals surface area (Å²) < 4.78 is 0. The molecule has 2 aromatic heterocycles. The average molecular weight is 306 g/mol. The van der Waals surface area contributed by atoms with Gasteiger partial charge in [-0.1, -0.05) is 30.3 Å². The Morgan fingerprint density at radius 2 is 1.04 bits per heavy atom. The van der Waals surface area contributed by atoms with Crippen LogP contribution in [0.2, 0.25) is 0 Å². The Labute approximate surface area is 139 Å². The first kappa shape index (κ1) is 15.7. The molecule has 0 spiro atoms. The minimum absolute atomic E-state index is 0.219. The van der Waals surface area contributed by atoms with E-state index in [4.69, 9.17) is 0 Å². The Hall–Kier alpha value is -2.22. The van der Waals surface area contributed by atoms with Crippen molar-refractivity contribution in [1.29, 1.82) is 0 Å². The first-order chi connectivity index (χ1) is 10.9. The highest BCUT2D eigenvalue weighted by atomic mass is 14.8. The summed E-state index contributed by atoms with van der Waals surface area (Å²) in [6, 6.07) is 10.8. The van der Waals surface area contributed by atoms with Crippen LogP contribution in [-0.2, 0) is 0 Å². The highest BCUT2D eigenvalue weighted by Gasteiger charge is 2.25. The Bertz CT molecular complexity index is 782. The van der Waals surface area contributed by atoms with Crippen LogP contribution >= 0.6 is 0 Å². The number of hydrogen-bond donors (Lipinski definition) is 2. The number of benzene rings is 1. The normalized spacial score (nSPS) is 11.4. The zero-order valence-electron chi connectivity index (χ0n) is 15.0. The molecule has 0 bridgehead atoms. The third-order valence-corrected chi connectivity index (χ3v) is 5.41. The molecule has 3 aromatic rings. The molecule has 0 amide bonds. The van der Waals surface area contributed by atoms with E-state index in [1.54, 1.807) is 0 Å². The van der Waals surface area contributed by atoms with Gasteiger partial charge in [0.1, 0.15) is 0 Å². The third kappa shape index (κ3) is 2.52. The monoisotopic (exact) mass is 306 g/mol. The molecule has 0 atom stereocenters. The SMILES string of the molecule is Cc1[nH]c(C(c2ccccc2)c2[nH]c(C)c(C)c2C)c(C)c1C. The van der Waals surface area contributed by atoms with Crippen molar-refractivity contribution in [2.75, 3.05) is 0 Å². The quantitative estimate of drug-likeness (QED) is 0.651. The molecule has 120 valence electrons. The molecule has 0 saturated heterocycles. The molecule has 0 fully saturated rings. The summed E-state index contributed by atoms with van der Waals surface area (Å²) in [5.74, 6) is 0.219. The van der Waals surface area contributed by atoms with Crippen molar-refractivity contribution in [2.45, 2.75) is 47.5 Å². The number of hydrogen-bond acceptors (Lipinski definition) is 0. The molecule has 0 saturated carbocycles. The Morgan fingerprint density at radius 1 is 0.609 bits per heavy atom.